The fourth-order valence-electron chi connectivity index (χ4n) is 5.38. The van der Waals surface area contributed by atoms with E-state index < -0.39 is 18.2 Å². The first kappa shape index (κ1) is 43.3. The molecule has 0 fully saturated rings. The highest BCUT2D eigenvalue weighted by molar-refractivity contribution is 5.76. The molecule has 0 aromatic rings. The van der Waals surface area contributed by atoms with Crippen molar-refractivity contribution in [3.8, 4) is 0 Å². The van der Waals surface area contributed by atoms with Gasteiger partial charge in [-0.05, 0) is 64.2 Å². The lowest BCUT2D eigenvalue weighted by atomic mass is 10.0. The number of rotatable bonds is 33. The molecule has 5 heteroatoms. The summed E-state index contributed by atoms with van der Waals surface area (Å²) in [5.41, 5.74) is 0. The molecule has 0 radical (unpaired) electrons. The topological polar surface area (TPSA) is 89.8 Å². The van der Waals surface area contributed by atoms with Gasteiger partial charge in [0.2, 0.25) is 5.91 Å². The normalized spacial score (nSPS) is 14.3. The number of carbonyl (C=O) groups is 1. The van der Waals surface area contributed by atoms with Gasteiger partial charge in [0.25, 0.3) is 0 Å². The van der Waals surface area contributed by atoms with Crippen molar-refractivity contribution in [2.75, 3.05) is 6.61 Å². The zero-order chi connectivity index (χ0) is 33.1. The van der Waals surface area contributed by atoms with Crippen LogP contribution in [0.15, 0.2) is 48.6 Å². The zero-order valence-corrected chi connectivity index (χ0v) is 29.5. The number of unbranched alkanes of at least 4 members (excludes halogenated alkanes) is 18. The van der Waals surface area contributed by atoms with Gasteiger partial charge in [0.1, 0.15) is 0 Å². The first-order valence-corrected chi connectivity index (χ1v) is 18.9. The largest absolute Gasteiger partial charge is 0.394 e. The first-order valence-electron chi connectivity index (χ1n) is 18.9. The molecule has 0 aromatic heterocycles. The Morgan fingerprint density at radius 1 is 0.578 bits per heavy atom. The van der Waals surface area contributed by atoms with Crippen molar-refractivity contribution in [1.82, 2.24) is 5.32 Å². The predicted octanol–water partition coefficient (Wildman–Crippen LogP) is 10.2. The van der Waals surface area contributed by atoms with E-state index in [2.05, 4.69) is 55.6 Å². The first-order chi connectivity index (χ1) is 22.0. The van der Waals surface area contributed by atoms with E-state index >= 15 is 0 Å². The summed E-state index contributed by atoms with van der Waals surface area (Å²) in [5.74, 6) is -0.337. The highest BCUT2D eigenvalue weighted by atomic mass is 16.3. The van der Waals surface area contributed by atoms with Crippen molar-refractivity contribution in [1.29, 1.82) is 0 Å². The fraction of sp³-hybridized carbons (Fsp3) is 0.775. The average molecular weight is 632 g/mol. The van der Waals surface area contributed by atoms with Gasteiger partial charge in [0, 0.05) is 0 Å². The lowest BCUT2D eigenvalue weighted by molar-refractivity contribution is -0.124. The highest BCUT2D eigenvalue weighted by Gasteiger charge is 2.20. The smallest absolute Gasteiger partial charge is 0.222 e. The number of aliphatic hydroxyl groups excluding tert-OH is 3. The standard InChI is InChI=1S/C40H73NO4/c1-3-5-7-9-11-13-15-17-19-21-23-25-27-29-31-33-37(43)35-40(45)41-38(36-42)39(44)34-32-30-28-26-24-22-20-18-16-14-12-10-8-6-4-2/h11,13,17,19,24,26,32,34,37-39,42-44H,3-10,12,14-16,18,20-23,25,27-31,33,35-36H2,1-2H3,(H,41,45)/b13-11-,19-17-,26-24+,34-32+. The van der Waals surface area contributed by atoms with E-state index in [1.54, 1.807) is 6.08 Å². The molecule has 0 aromatic carbocycles. The van der Waals surface area contributed by atoms with Gasteiger partial charge in [-0.1, -0.05) is 152 Å². The minimum Gasteiger partial charge on any atom is -0.394 e. The van der Waals surface area contributed by atoms with Crippen LogP contribution >= 0.6 is 0 Å². The molecular weight excluding hydrogens is 558 g/mol. The monoisotopic (exact) mass is 632 g/mol. The molecule has 45 heavy (non-hydrogen) atoms. The Morgan fingerprint density at radius 3 is 1.60 bits per heavy atom. The number of hydrogen-bond acceptors (Lipinski definition) is 4. The lowest BCUT2D eigenvalue weighted by Gasteiger charge is -2.20. The van der Waals surface area contributed by atoms with Crippen molar-refractivity contribution in [3.63, 3.8) is 0 Å². The second kappa shape index (κ2) is 35.2. The van der Waals surface area contributed by atoms with Crippen LogP contribution in [0.2, 0.25) is 0 Å². The van der Waals surface area contributed by atoms with Crippen molar-refractivity contribution >= 4 is 5.91 Å². The summed E-state index contributed by atoms with van der Waals surface area (Å²) < 4.78 is 0. The van der Waals surface area contributed by atoms with Gasteiger partial charge in [-0.25, -0.2) is 0 Å². The van der Waals surface area contributed by atoms with E-state index in [4.69, 9.17) is 0 Å². The van der Waals surface area contributed by atoms with Crippen LogP contribution in [0.5, 0.6) is 0 Å². The molecule has 0 rings (SSSR count). The van der Waals surface area contributed by atoms with Crippen LogP contribution in [0.25, 0.3) is 0 Å². The van der Waals surface area contributed by atoms with E-state index in [9.17, 15) is 20.1 Å². The maximum Gasteiger partial charge on any atom is 0.222 e. The highest BCUT2D eigenvalue weighted by Crippen LogP contribution is 2.12. The Bertz CT molecular complexity index is 745. The summed E-state index contributed by atoms with van der Waals surface area (Å²) in [6.07, 6.45) is 43.7. The van der Waals surface area contributed by atoms with E-state index in [-0.39, 0.29) is 18.9 Å². The third-order valence-corrected chi connectivity index (χ3v) is 8.34. The molecule has 262 valence electrons. The number of hydrogen-bond donors (Lipinski definition) is 4. The number of allylic oxidation sites excluding steroid dienone is 7. The van der Waals surface area contributed by atoms with Gasteiger partial charge in [0.15, 0.2) is 0 Å². The lowest BCUT2D eigenvalue weighted by Crippen LogP contribution is -2.45. The van der Waals surface area contributed by atoms with Gasteiger partial charge in [0.05, 0.1) is 31.3 Å². The van der Waals surface area contributed by atoms with Gasteiger partial charge in [-0.2, -0.15) is 0 Å². The Hall–Kier alpha value is -1.69. The van der Waals surface area contributed by atoms with Gasteiger partial charge in [-0.15, -0.1) is 0 Å². The zero-order valence-electron chi connectivity index (χ0n) is 29.5. The van der Waals surface area contributed by atoms with Crippen molar-refractivity contribution in [3.05, 3.63) is 48.6 Å². The molecule has 3 unspecified atom stereocenters. The SMILES string of the molecule is CCCCC/C=C\C/C=C\CCCCCCCC(O)CC(=O)NC(CO)C(O)/C=C/CC/C=C/CCCCCCCCCCC. The summed E-state index contributed by atoms with van der Waals surface area (Å²) in [7, 11) is 0. The van der Waals surface area contributed by atoms with Crippen LogP contribution in [0.4, 0.5) is 0 Å². The number of amides is 1. The number of aliphatic hydroxyl groups is 3. The summed E-state index contributed by atoms with van der Waals surface area (Å²) in [5, 5.41) is 33.0. The molecule has 1 amide bonds. The van der Waals surface area contributed by atoms with Crippen LogP contribution in [-0.4, -0.2) is 46.1 Å². The maximum atomic E-state index is 12.4. The van der Waals surface area contributed by atoms with Crippen LogP contribution < -0.4 is 5.32 Å². The second-order valence-electron chi connectivity index (χ2n) is 12.8. The van der Waals surface area contributed by atoms with E-state index in [1.165, 1.54) is 96.3 Å². The molecule has 0 spiro atoms. The van der Waals surface area contributed by atoms with Crippen molar-refractivity contribution in [2.24, 2.45) is 0 Å². The molecule has 0 bridgehead atoms. The van der Waals surface area contributed by atoms with Gasteiger partial charge >= 0.3 is 0 Å². The quantitative estimate of drug-likeness (QED) is 0.0429. The van der Waals surface area contributed by atoms with Crippen molar-refractivity contribution < 1.29 is 20.1 Å². The molecule has 5 nitrogen and oxygen atoms in total. The molecule has 0 saturated carbocycles. The predicted molar refractivity (Wildman–Crippen MR) is 194 cm³/mol. The number of nitrogens with one attached hydrogen (secondary N) is 1. The van der Waals surface area contributed by atoms with Crippen LogP contribution in [0, 0.1) is 0 Å². The van der Waals surface area contributed by atoms with Crippen molar-refractivity contribution in [2.45, 2.75) is 193 Å². The third-order valence-electron chi connectivity index (χ3n) is 8.34. The summed E-state index contributed by atoms with van der Waals surface area (Å²) in [6, 6.07) is -0.765. The average Bonchev–Trinajstić information content (AvgIpc) is 3.03. The molecule has 0 aliphatic heterocycles. The van der Waals surface area contributed by atoms with E-state index in [1.807, 2.05) is 6.08 Å². The molecule has 0 aliphatic carbocycles. The minimum atomic E-state index is -0.955. The van der Waals surface area contributed by atoms with Crippen LogP contribution in [-0.2, 0) is 4.79 Å². The Morgan fingerprint density at radius 2 is 1.02 bits per heavy atom. The van der Waals surface area contributed by atoms with E-state index in [0.717, 1.165) is 51.4 Å². The van der Waals surface area contributed by atoms with Crippen LogP contribution in [0.1, 0.15) is 174 Å². The molecule has 0 aliphatic rings. The third kappa shape index (κ3) is 32.1. The summed E-state index contributed by atoms with van der Waals surface area (Å²) >= 11 is 0. The fourth-order valence-corrected chi connectivity index (χ4v) is 5.38. The Labute approximate surface area is 278 Å². The minimum absolute atomic E-state index is 0.00542. The maximum absolute atomic E-state index is 12.4. The van der Waals surface area contributed by atoms with Gasteiger partial charge < -0.3 is 20.6 Å². The molecule has 0 heterocycles. The van der Waals surface area contributed by atoms with Gasteiger partial charge in [-0.3, -0.25) is 4.79 Å². The van der Waals surface area contributed by atoms with Crippen LogP contribution in [0.3, 0.4) is 0 Å². The molecular formula is C40H73NO4. The van der Waals surface area contributed by atoms with E-state index in [0.29, 0.717) is 6.42 Å². The summed E-state index contributed by atoms with van der Waals surface area (Å²) in [6.45, 7) is 4.14. The molecule has 0 saturated heterocycles. The summed E-state index contributed by atoms with van der Waals surface area (Å²) in [4.78, 5) is 12.4. The second-order valence-corrected chi connectivity index (χ2v) is 12.8. The number of carbonyl (C=O) groups excluding carboxylic acids is 1. The molecule has 4 N–H and O–H groups in total. The Balaban J connectivity index is 3.82. The molecule has 3 atom stereocenters. The Kier molecular flexibility index (Phi) is 33.8.